The van der Waals surface area contributed by atoms with Gasteiger partial charge in [-0.3, -0.25) is 0 Å². The quantitative estimate of drug-likeness (QED) is 0.154. The van der Waals surface area contributed by atoms with E-state index in [0.717, 1.165) is 77.9 Å². The van der Waals surface area contributed by atoms with Crippen LogP contribution in [0.25, 0.3) is 100 Å². The fourth-order valence-electron chi connectivity index (χ4n) is 7.71. The molecule has 0 aliphatic heterocycles. The third-order valence-electron chi connectivity index (χ3n) is 10.5. The Morgan fingerprint density at radius 2 is 0.750 bits per heavy atom. The molecule has 56 heavy (non-hydrogen) atoms. The van der Waals surface area contributed by atoms with Crippen LogP contribution < -0.4 is 0 Å². The van der Waals surface area contributed by atoms with Crippen molar-refractivity contribution in [2.24, 2.45) is 0 Å². The van der Waals surface area contributed by atoms with Gasteiger partial charge in [0.2, 0.25) is 0 Å². The Labute approximate surface area is 326 Å². The SMILES string of the molecule is c1ccc(-c2cc(-c3cccc(-c4cccc(-c5ccc6nc(-c7ccccc7)c7cccc(-c8ccccc8)c7c6c5)c4)c3)nc(-c3ccccc3)n2)cc1. The molecule has 2 heterocycles. The van der Waals surface area contributed by atoms with Crippen LogP contribution in [0.1, 0.15) is 0 Å². The predicted molar refractivity (Wildman–Crippen MR) is 233 cm³/mol. The second-order valence-corrected chi connectivity index (χ2v) is 14.0. The molecule has 10 rings (SSSR count). The van der Waals surface area contributed by atoms with Crippen molar-refractivity contribution in [1.82, 2.24) is 15.0 Å². The van der Waals surface area contributed by atoms with Crippen molar-refractivity contribution in [3.05, 3.63) is 212 Å². The summed E-state index contributed by atoms with van der Waals surface area (Å²) in [4.78, 5) is 15.4. The molecule has 0 amide bonds. The lowest BCUT2D eigenvalue weighted by atomic mass is 9.91. The van der Waals surface area contributed by atoms with E-state index in [1.165, 1.54) is 16.5 Å². The van der Waals surface area contributed by atoms with Crippen molar-refractivity contribution in [1.29, 1.82) is 0 Å². The monoisotopic (exact) mass is 713 g/mol. The van der Waals surface area contributed by atoms with Crippen molar-refractivity contribution >= 4 is 21.7 Å². The standard InChI is InChI=1S/C53H35N3/c1-5-16-36(17-6-1)45-28-15-29-46-51(45)47-34-43(30-31-48(47)54-52(46)38-20-9-3-10-21-38)41-25-13-24-40(32-41)42-26-14-27-44(33-42)50-35-49(37-18-7-2-8-19-37)55-53(56-50)39-22-11-4-12-23-39/h1-35H. The number of pyridine rings is 1. The van der Waals surface area contributed by atoms with Crippen LogP contribution in [0.5, 0.6) is 0 Å². The molecular weight excluding hydrogens is 679 g/mol. The molecule has 0 unspecified atom stereocenters. The van der Waals surface area contributed by atoms with E-state index in [-0.39, 0.29) is 0 Å². The number of rotatable bonds is 7. The molecule has 10 aromatic rings. The van der Waals surface area contributed by atoms with Gasteiger partial charge in [-0.2, -0.15) is 0 Å². The van der Waals surface area contributed by atoms with Crippen LogP contribution in [-0.4, -0.2) is 15.0 Å². The van der Waals surface area contributed by atoms with Gasteiger partial charge in [0, 0.05) is 38.4 Å². The van der Waals surface area contributed by atoms with Gasteiger partial charge in [-0.05, 0) is 63.7 Å². The molecule has 3 nitrogen and oxygen atoms in total. The third-order valence-corrected chi connectivity index (χ3v) is 10.5. The first-order valence-corrected chi connectivity index (χ1v) is 18.9. The van der Waals surface area contributed by atoms with E-state index in [1.54, 1.807) is 0 Å². The Hall–Kier alpha value is -7.49. The first kappa shape index (κ1) is 33.1. The largest absolute Gasteiger partial charge is 0.247 e. The van der Waals surface area contributed by atoms with Gasteiger partial charge >= 0.3 is 0 Å². The summed E-state index contributed by atoms with van der Waals surface area (Å²) < 4.78 is 0. The maximum absolute atomic E-state index is 5.29. The molecule has 0 fully saturated rings. The van der Waals surface area contributed by atoms with Gasteiger partial charge < -0.3 is 0 Å². The summed E-state index contributed by atoms with van der Waals surface area (Å²) in [7, 11) is 0. The summed E-state index contributed by atoms with van der Waals surface area (Å²) in [5.74, 6) is 0.707. The van der Waals surface area contributed by atoms with Crippen LogP contribution in [0.4, 0.5) is 0 Å². The smallest absolute Gasteiger partial charge is 0.160 e. The summed E-state index contributed by atoms with van der Waals surface area (Å²) in [6, 6.07) is 74.6. The molecular formula is C53H35N3. The molecule has 0 saturated heterocycles. The lowest BCUT2D eigenvalue weighted by Crippen LogP contribution is -1.96. The zero-order valence-corrected chi connectivity index (χ0v) is 30.5. The molecule has 262 valence electrons. The number of hydrogen-bond donors (Lipinski definition) is 0. The van der Waals surface area contributed by atoms with Crippen LogP contribution in [0.3, 0.4) is 0 Å². The highest BCUT2D eigenvalue weighted by Crippen LogP contribution is 2.40. The van der Waals surface area contributed by atoms with E-state index >= 15 is 0 Å². The average molecular weight is 714 g/mol. The van der Waals surface area contributed by atoms with Crippen molar-refractivity contribution in [3.8, 4) is 78.5 Å². The van der Waals surface area contributed by atoms with E-state index in [0.29, 0.717) is 5.82 Å². The fourth-order valence-corrected chi connectivity index (χ4v) is 7.71. The summed E-state index contributed by atoms with van der Waals surface area (Å²) in [6.45, 7) is 0. The van der Waals surface area contributed by atoms with Crippen LogP contribution in [0.15, 0.2) is 212 Å². The molecule has 0 atom stereocenters. The van der Waals surface area contributed by atoms with Gasteiger partial charge in [-0.1, -0.05) is 182 Å². The normalized spacial score (nSPS) is 11.2. The van der Waals surface area contributed by atoms with Gasteiger partial charge in [0.05, 0.1) is 22.6 Å². The first-order valence-electron chi connectivity index (χ1n) is 18.9. The van der Waals surface area contributed by atoms with Crippen molar-refractivity contribution < 1.29 is 0 Å². The highest BCUT2D eigenvalue weighted by molar-refractivity contribution is 6.17. The van der Waals surface area contributed by atoms with Gasteiger partial charge in [0.1, 0.15) is 0 Å². The molecule has 0 N–H and O–H groups in total. The lowest BCUT2D eigenvalue weighted by molar-refractivity contribution is 1.18. The summed E-state index contributed by atoms with van der Waals surface area (Å²) in [6.07, 6.45) is 0. The molecule has 0 spiro atoms. The van der Waals surface area contributed by atoms with E-state index in [2.05, 4.69) is 176 Å². The Kier molecular flexibility index (Phi) is 8.51. The third kappa shape index (κ3) is 6.31. The zero-order chi connectivity index (χ0) is 37.3. The second kappa shape index (κ2) is 14.4. The molecule has 3 heteroatoms. The molecule has 2 aromatic heterocycles. The Balaban J connectivity index is 1.08. The Morgan fingerprint density at radius 1 is 0.268 bits per heavy atom. The Morgan fingerprint density at radius 3 is 1.39 bits per heavy atom. The highest BCUT2D eigenvalue weighted by atomic mass is 14.9. The first-order chi connectivity index (χ1) is 27.7. The van der Waals surface area contributed by atoms with Crippen LogP contribution in [0.2, 0.25) is 0 Å². The van der Waals surface area contributed by atoms with Crippen LogP contribution >= 0.6 is 0 Å². The lowest BCUT2D eigenvalue weighted by Gasteiger charge is -2.15. The minimum Gasteiger partial charge on any atom is -0.247 e. The number of aromatic nitrogens is 3. The summed E-state index contributed by atoms with van der Waals surface area (Å²) in [5, 5.41) is 3.49. The van der Waals surface area contributed by atoms with Crippen molar-refractivity contribution in [2.75, 3.05) is 0 Å². The van der Waals surface area contributed by atoms with Gasteiger partial charge in [0.25, 0.3) is 0 Å². The maximum Gasteiger partial charge on any atom is 0.160 e. The highest BCUT2D eigenvalue weighted by Gasteiger charge is 2.16. The average Bonchev–Trinajstić information content (AvgIpc) is 3.29. The van der Waals surface area contributed by atoms with Gasteiger partial charge in [-0.15, -0.1) is 0 Å². The minimum absolute atomic E-state index is 0.707. The van der Waals surface area contributed by atoms with Gasteiger partial charge in [-0.25, -0.2) is 15.0 Å². The molecule has 8 aromatic carbocycles. The maximum atomic E-state index is 5.29. The fraction of sp³-hybridized carbons (Fsp3) is 0. The molecule has 0 bridgehead atoms. The predicted octanol–water partition coefficient (Wildman–Crippen LogP) is 13.8. The molecule has 0 saturated carbocycles. The molecule has 0 aliphatic rings. The molecule has 0 radical (unpaired) electrons. The topological polar surface area (TPSA) is 38.7 Å². The number of hydrogen-bond acceptors (Lipinski definition) is 3. The minimum atomic E-state index is 0.707. The van der Waals surface area contributed by atoms with Crippen molar-refractivity contribution in [2.45, 2.75) is 0 Å². The number of benzene rings is 8. The second-order valence-electron chi connectivity index (χ2n) is 14.0. The van der Waals surface area contributed by atoms with E-state index < -0.39 is 0 Å². The summed E-state index contributed by atoms with van der Waals surface area (Å²) in [5.41, 5.74) is 14.9. The molecule has 0 aliphatic carbocycles. The van der Waals surface area contributed by atoms with Crippen LogP contribution in [0, 0.1) is 0 Å². The van der Waals surface area contributed by atoms with Crippen molar-refractivity contribution in [3.63, 3.8) is 0 Å². The van der Waals surface area contributed by atoms with Gasteiger partial charge in [0.15, 0.2) is 5.82 Å². The van der Waals surface area contributed by atoms with E-state index in [4.69, 9.17) is 15.0 Å². The number of nitrogens with zero attached hydrogens (tertiary/aromatic N) is 3. The van der Waals surface area contributed by atoms with Crippen LogP contribution in [-0.2, 0) is 0 Å². The number of fused-ring (bicyclic) bond motifs is 3. The zero-order valence-electron chi connectivity index (χ0n) is 30.5. The van der Waals surface area contributed by atoms with E-state index in [1.807, 2.05) is 36.4 Å². The van der Waals surface area contributed by atoms with E-state index in [9.17, 15) is 0 Å². The Bertz CT molecular complexity index is 2940. The summed E-state index contributed by atoms with van der Waals surface area (Å²) >= 11 is 0.